The fourth-order valence-electron chi connectivity index (χ4n) is 2.38. The van der Waals surface area contributed by atoms with Crippen LogP contribution in [0.2, 0.25) is 0 Å². The standard InChI is InChI=1S/C14H19F2N3O/c15-10-4-5-11(17)13(16)12(10)14(20)18-6-9-19-7-2-1-3-8-19/h4-5H,1-3,6-9,17H2,(H,18,20). The van der Waals surface area contributed by atoms with Gasteiger partial charge in [-0.05, 0) is 38.1 Å². The van der Waals surface area contributed by atoms with E-state index in [0.717, 1.165) is 38.1 Å². The summed E-state index contributed by atoms with van der Waals surface area (Å²) in [6.07, 6.45) is 3.56. The minimum atomic E-state index is -1.000. The van der Waals surface area contributed by atoms with Crippen LogP contribution in [0.25, 0.3) is 0 Å². The van der Waals surface area contributed by atoms with Crippen LogP contribution >= 0.6 is 0 Å². The van der Waals surface area contributed by atoms with Crippen LogP contribution in [0, 0.1) is 11.6 Å². The Morgan fingerprint density at radius 3 is 2.65 bits per heavy atom. The van der Waals surface area contributed by atoms with Gasteiger partial charge in [0.15, 0.2) is 5.82 Å². The van der Waals surface area contributed by atoms with Crippen LogP contribution in [0.15, 0.2) is 12.1 Å². The van der Waals surface area contributed by atoms with E-state index in [1.54, 1.807) is 0 Å². The fraction of sp³-hybridized carbons (Fsp3) is 0.500. The van der Waals surface area contributed by atoms with Crippen molar-refractivity contribution in [2.24, 2.45) is 0 Å². The summed E-state index contributed by atoms with van der Waals surface area (Å²) in [6.45, 7) is 3.08. The van der Waals surface area contributed by atoms with Crippen molar-refractivity contribution in [3.8, 4) is 0 Å². The molecule has 1 aromatic rings. The number of hydrogen-bond acceptors (Lipinski definition) is 3. The SMILES string of the molecule is Nc1ccc(F)c(C(=O)NCCN2CCCCC2)c1F. The molecule has 1 fully saturated rings. The van der Waals surface area contributed by atoms with Crippen molar-refractivity contribution in [3.05, 3.63) is 29.3 Å². The fourth-order valence-corrected chi connectivity index (χ4v) is 2.38. The summed E-state index contributed by atoms with van der Waals surface area (Å²) in [6, 6.07) is 2.10. The van der Waals surface area contributed by atoms with Crippen molar-refractivity contribution < 1.29 is 13.6 Å². The lowest BCUT2D eigenvalue weighted by Crippen LogP contribution is -2.38. The predicted octanol–water partition coefficient (Wildman–Crippen LogP) is 1.76. The number of hydrogen-bond donors (Lipinski definition) is 2. The quantitative estimate of drug-likeness (QED) is 0.828. The maximum atomic E-state index is 13.7. The largest absolute Gasteiger partial charge is 0.396 e. The zero-order valence-corrected chi connectivity index (χ0v) is 11.3. The van der Waals surface area contributed by atoms with Crippen molar-refractivity contribution in [3.63, 3.8) is 0 Å². The number of anilines is 1. The molecule has 0 aromatic heterocycles. The van der Waals surface area contributed by atoms with E-state index in [9.17, 15) is 13.6 Å². The molecular weight excluding hydrogens is 264 g/mol. The predicted molar refractivity (Wildman–Crippen MR) is 73.4 cm³/mol. The molecule has 0 spiro atoms. The van der Waals surface area contributed by atoms with E-state index in [2.05, 4.69) is 10.2 Å². The third kappa shape index (κ3) is 3.45. The van der Waals surface area contributed by atoms with Gasteiger partial charge in [0, 0.05) is 13.1 Å². The number of piperidine rings is 1. The van der Waals surface area contributed by atoms with E-state index in [4.69, 9.17) is 5.73 Å². The molecule has 1 aliphatic rings. The molecule has 1 aliphatic heterocycles. The maximum absolute atomic E-state index is 13.7. The zero-order chi connectivity index (χ0) is 14.5. The lowest BCUT2D eigenvalue weighted by atomic mass is 10.1. The topological polar surface area (TPSA) is 58.4 Å². The third-order valence-corrected chi connectivity index (χ3v) is 3.51. The Morgan fingerprint density at radius 2 is 1.95 bits per heavy atom. The number of likely N-dealkylation sites (tertiary alicyclic amines) is 1. The lowest BCUT2D eigenvalue weighted by molar-refractivity contribution is 0.0938. The second-order valence-corrected chi connectivity index (χ2v) is 4.98. The van der Waals surface area contributed by atoms with Crippen molar-refractivity contribution in [2.75, 3.05) is 31.9 Å². The first-order chi connectivity index (χ1) is 9.59. The minimum Gasteiger partial charge on any atom is -0.396 e. The van der Waals surface area contributed by atoms with Crippen molar-refractivity contribution >= 4 is 11.6 Å². The smallest absolute Gasteiger partial charge is 0.257 e. The summed E-state index contributed by atoms with van der Waals surface area (Å²) in [5.41, 5.74) is 4.51. The van der Waals surface area contributed by atoms with Gasteiger partial charge in [-0.2, -0.15) is 0 Å². The molecule has 1 aromatic carbocycles. The van der Waals surface area contributed by atoms with E-state index in [-0.39, 0.29) is 5.69 Å². The number of rotatable bonds is 4. The van der Waals surface area contributed by atoms with Crippen LogP contribution < -0.4 is 11.1 Å². The molecule has 3 N–H and O–H groups in total. The molecule has 0 aliphatic carbocycles. The van der Waals surface area contributed by atoms with E-state index in [1.807, 2.05) is 0 Å². The normalized spacial score (nSPS) is 16.1. The van der Waals surface area contributed by atoms with Crippen LogP contribution in [-0.4, -0.2) is 37.0 Å². The molecule has 110 valence electrons. The molecule has 0 atom stereocenters. The number of nitrogens with zero attached hydrogens (tertiary/aromatic N) is 1. The van der Waals surface area contributed by atoms with Crippen molar-refractivity contribution in [1.29, 1.82) is 0 Å². The highest BCUT2D eigenvalue weighted by atomic mass is 19.1. The number of carbonyl (C=O) groups excluding carboxylic acids is 1. The van der Waals surface area contributed by atoms with E-state index < -0.39 is 23.1 Å². The number of nitrogen functional groups attached to an aromatic ring is 1. The van der Waals surface area contributed by atoms with Gasteiger partial charge >= 0.3 is 0 Å². The average Bonchev–Trinajstić information content (AvgIpc) is 2.44. The molecule has 20 heavy (non-hydrogen) atoms. The van der Waals surface area contributed by atoms with Crippen molar-refractivity contribution in [1.82, 2.24) is 10.2 Å². The number of nitrogens with two attached hydrogens (primary N) is 1. The monoisotopic (exact) mass is 283 g/mol. The molecule has 1 heterocycles. The first kappa shape index (κ1) is 14.7. The summed E-state index contributed by atoms with van der Waals surface area (Å²) >= 11 is 0. The molecule has 0 bridgehead atoms. The number of benzene rings is 1. The number of carbonyl (C=O) groups is 1. The highest BCUT2D eigenvalue weighted by Crippen LogP contribution is 2.18. The third-order valence-electron chi connectivity index (χ3n) is 3.51. The van der Waals surface area contributed by atoms with Crippen LogP contribution in [0.4, 0.5) is 14.5 Å². The minimum absolute atomic E-state index is 0.229. The molecular formula is C14H19F2N3O. The summed E-state index contributed by atoms with van der Waals surface area (Å²) in [7, 11) is 0. The van der Waals surface area contributed by atoms with Crippen LogP contribution in [-0.2, 0) is 0 Å². The first-order valence-corrected chi connectivity index (χ1v) is 6.83. The molecule has 4 nitrogen and oxygen atoms in total. The van der Waals surface area contributed by atoms with Crippen LogP contribution in [0.1, 0.15) is 29.6 Å². The summed E-state index contributed by atoms with van der Waals surface area (Å²) in [5, 5.41) is 2.54. The molecule has 1 saturated heterocycles. The van der Waals surface area contributed by atoms with Gasteiger partial charge in [-0.15, -0.1) is 0 Å². The average molecular weight is 283 g/mol. The Hall–Kier alpha value is -1.69. The number of halogens is 2. The van der Waals surface area contributed by atoms with Gasteiger partial charge in [0.25, 0.3) is 5.91 Å². The Kier molecular flexibility index (Phi) is 4.89. The van der Waals surface area contributed by atoms with Crippen LogP contribution in [0.5, 0.6) is 0 Å². The van der Waals surface area contributed by atoms with Gasteiger partial charge < -0.3 is 16.0 Å². The lowest BCUT2D eigenvalue weighted by Gasteiger charge is -2.26. The Morgan fingerprint density at radius 1 is 1.25 bits per heavy atom. The van der Waals surface area contributed by atoms with Gasteiger partial charge in [0.1, 0.15) is 11.4 Å². The Bertz CT molecular complexity index is 488. The maximum Gasteiger partial charge on any atom is 0.257 e. The number of amides is 1. The van der Waals surface area contributed by atoms with E-state index in [1.165, 1.54) is 6.42 Å². The van der Waals surface area contributed by atoms with Gasteiger partial charge in [0.05, 0.1) is 5.69 Å². The van der Waals surface area contributed by atoms with Gasteiger partial charge in [0.2, 0.25) is 0 Å². The molecule has 0 radical (unpaired) electrons. The van der Waals surface area contributed by atoms with E-state index >= 15 is 0 Å². The van der Waals surface area contributed by atoms with Gasteiger partial charge in [-0.25, -0.2) is 8.78 Å². The molecule has 0 saturated carbocycles. The summed E-state index contributed by atoms with van der Waals surface area (Å²) in [5.74, 6) is -2.66. The first-order valence-electron chi connectivity index (χ1n) is 6.83. The van der Waals surface area contributed by atoms with Crippen molar-refractivity contribution in [2.45, 2.75) is 19.3 Å². The van der Waals surface area contributed by atoms with E-state index in [0.29, 0.717) is 13.1 Å². The van der Waals surface area contributed by atoms with Gasteiger partial charge in [-0.3, -0.25) is 4.79 Å². The Labute approximate surface area is 116 Å². The summed E-state index contributed by atoms with van der Waals surface area (Å²) < 4.78 is 27.2. The second-order valence-electron chi connectivity index (χ2n) is 4.98. The highest BCUT2D eigenvalue weighted by Gasteiger charge is 2.19. The van der Waals surface area contributed by atoms with Gasteiger partial charge in [-0.1, -0.05) is 6.42 Å². The molecule has 1 amide bonds. The number of nitrogens with one attached hydrogen (secondary N) is 1. The zero-order valence-electron chi connectivity index (χ0n) is 11.3. The molecule has 2 rings (SSSR count). The highest BCUT2D eigenvalue weighted by molar-refractivity contribution is 5.95. The Balaban J connectivity index is 1.90. The summed E-state index contributed by atoms with van der Waals surface area (Å²) in [4.78, 5) is 14.0. The molecule has 6 heteroatoms. The van der Waals surface area contributed by atoms with Crippen LogP contribution in [0.3, 0.4) is 0 Å². The molecule has 0 unspecified atom stereocenters. The second kappa shape index (κ2) is 6.65.